The predicted molar refractivity (Wildman–Crippen MR) is 69.3 cm³/mol. The zero-order valence-electron chi connectivity index (χ0n) is 9.97. The summed E-state index contributed by atoms with van der Waals surface area (Å²) in [6.45, 7) is 4.07. The molecule has 94 valence electrons. The first-order chi connectivity index (χ1) is 8.84. The molecule has 1 fully saturated rings. The molecule has 0 radical (unpaired) electrons. The molecule has 3 rings (SSSR count). The third-order valence-electron chi connectivity index (χ3n) is 3.16. The van der Waals surface area contributed by atoms with Gasteiger partial charge in [-0.25, -0.2) is 14.5 Å². The molecular formula is C12H15N5O. The largest absolute Gasteiger partial charge is 0.369 e. The van der Waals surface area contributed by atoms with Gasteiger partial charge >= 0.3 is 5.69 Å². The summed E-state index contributed by atoms with van der Waals surface area (Å²) in [7, 11) is 0. The molecule has 0 spiro atoms. The van der Waals surface area contributed by atoms with Crippen LogP contribution in [0, 0.1) is 0 Å². The highest BCUT2D eigenvalue weighted by Gasteiger charge is 2.10. The third-order valence-corrected chi connectivity index (χ3v) is 3.16. The van der Waals surface area contributed by atoms with Gasteiger partial charge in [0.2, 0.25) is 0 Å². The van der Waals surface area contributed by atoms with Crippen LogP contribution in [0.25, 0.3) is 5.69 Å². The Morgan fingerprint density at radius 3 is 2.33 bits per heavy atom. The van der Waals surface area contributed by atoms with Crippen LogP contribution in [0.15, 0.2) is 35.4 Å². The average molecular weight is 245 g/mol. The number of aromatic amines is 1. The maximum Gasteiger partial charge on any atom is 0.347 e. The van der Waals surface area contributed by atoms with Gasteiger partial charge in [-0.15, -0.1) is 0 Å². The Hall–Kier alpha value is -2.08. The van der Waals surface area contributed by atoms with Gasteiger partial charge in [0.1, 0.15) is 6.33 Å². The van der Waals surface area contributed by atoms with E-state index < -0.39 is 0 Å². The van der Waals surface area contributed by atoms with Gasteiger partial charge in [-0.3, -0.25) is 0 Å². The molecule has 2 N–H and O–H groups in total. The van der Waals surface area contributed by atoms with Crippen LogP contribution >= 0.6 is 0 Å². The Kier molecular flexibility index (Phi) is 2.85. The average Bonchev–Trinajstić information content (AvgIpc) is 2.86. The van der Waals surface area contributed by atoms with Crippen molar-refractivity contribution in [2.24, 2.45) is 0 Å². The second kappa shape index (κ2) is 4.66. The number of H-pyrrole nitrogens is 1. The number of rotatable bonds is 2. The van der Waals surface area contributed by atoms with E-state index in [1.807, 2.05) is 24.3 Å². The second-order valence-corrected chi connectivity index (χ2v) is 4.28. The number of nitrogens with one attached hydrogen (secondary N) is 2. The van der Waals surface area contributed by atoms with E-state index in [0.29, 0.717) is 0 Å². The molecule has 2 heterocycles. The van der Waals surface area contributed by atoms with E-state index in [4.69, 9.17) is 0 Å². The molecule has 1 aliphatic heterocycles. The summed E-state index contributed by atoms with van der Waals surface area (Å²) in [6, 6.07) is 7.96. The van der Waals surface area contributed by atoms with Crippen molar-refractivity contribution < 1.29 is 0 Å². The minimum Gasteiger partial charge on any atom is -0.369 e. The van der Waals surface area contributed by atoms with Crippen LogP contribution in [0.5, 0.6) is 0 Å². The Labute approximate surface area is 104 Å². The van der Waals surface area contributed by atoms with Crippen LogP contribution in [0.3, 0.4) is 0 Å². The van der Waals surface area contributed by atoms with E-state index in [0.717, 1.165) is 31.9 Å². The van der Waals surface area contributed by atoms with Gasteiger partial charge in [-0.1, -0.05) is 0 Å². The van der Waals surface area contributed by atoms with Gasteiger partial charge in [0.05, 0.1) is 5.69 Å². The molecule has 1 aromatic heterocycles. The van der Waals surface area contributed by atoms with Crippen molar-refractivity contribution in [2.45, 2.75) is 0 Å². The number of piperazine rings is 1. The zero-order valence-corrected chi connectivity index (χ0v) is 9.97. The van der Waals surface area contributed by atoms with Crippen LogP contribution in [0.2, 0.25) is 0 Å². The molecular weight excluding hydrogens is 230 g/mol. The van der Waals surface area contributed by atoms with Crippen LogP contribution in [0.4, 0.5) is 5.69 Å². The smallest absolute Gasteiger partial charge is 0.347 e. The first-order valence-corrected chi connectivity index (χ1v) is 6.03. The topological polar surface area (TPSA) is 66.0 Å². The van der Waals surface area contributed by atoms with E-state index in [-0.39, 0.29) is 5.69 Å². The third kappa shape index (κ3) is 2.02. The predicted octanol–water partition coefficient (Wildman–Crippen LogP) is -0.0298. The fourth-order valence-corrected chi connectivity index (χ4v) is 2.18. The SMILES string of the molecule is O=c1[nH]ncn1-c1ccc(N2CCNCC2)cc1. The first kappa shape index (κ1) is 11.0. The van der Waals surface area contributed by atoms with E-state index in [1.165, 1.54) is 16.6 Å². The highest BCUT2D eigenvalue weighted by Crippen LogP contribution is 2.16. The number of benzene rings is 1. The summed E-state index contributed by atoms with van der Waals surface area (Å²) in [6.07, 6.45) is 1.49. The Morgan fingerprint density at radius 1 is 1.06 bits per heavy atom. The fraction of sp³-hybridized carbons (Fsp3) is 0.333. The maximum absolute atomic E-state index is 11.4. The molecule has 0 atom stereocenters. The van der Waals surface area contributed by atoms with Gasteiger partial charge in [-0.2, -0.15) is 5.10 Å². The van der Waals surface area contributed by atoms with Crippen molar-refractivity contribution in [3.05, 3.63) is 41.1 Å². The molecule has 18 heavy (non-hydrogen) atoms. The van der Waals surface area contributed by atoms with Gasteiger partial charge in [0.25, 0.3) is 0 Å². The lowest BCUT2D eigenvalue weighted by atomic mass is 10.2. The van der Waals surface area contributed by atoms with Crippen molar-refractivity contribution in [2.75, 3.05) is 31.1 Å². The highest BCUT2D eigenvalue weighted by molar-refractivity contribution is 5.51. The minimum atomic E-state index is -0.218. The monoisotopic (exact) mass is 245 g/mol. The molecule has 1 aliphatic rings. The molecule has 0 unspecified atom stereocenters. The van der Waals surface area contributed by atoms with E-state index in [1.54, 1.807) is 0 Å². The lowest BCUT2D eigenvalue weighted by Gasteiger charge is -2.29. The first-order valence-electron chi connectivity index (χ1n) is 6.03. The van der Waals surface area contributed by atoms with Crippen molar-refractivity contribution in [1.82, 2.24) is 20.1 Å². The van der Waals surface area contributed by atoms with Crippen molar-refractivity contribution >= 4 is 5.69 Å². The molecule has 2 aromatic rings. The lowest BCUT2D eigenvalue weighted by molar-refractivity contribution is 0.589. The van der Waals surface area contributed by atoms with Gasteiger partial charge in [0, 0.05) is 31.9 Å². The lowest BCUT2D eigenvalue weighted by Crippen LogP contribution is -2.43. The number of aromatic nitrogens is 3. The van der Waals surface area contributed by atoms with Crippen LogP contribution in [-0.2, 0) is 0 Å². The molecule has 6 heteroatoms. The standard InChI is InChI=1S/C12H15N5O/c18-12-15-14-9-17(12)11-3-1-10(2-4-11)16-7-5-13-6-8-16/h1-4,9,13H,5-8H2,(H,15,18). The molecule has 6 nitrogen and oxygen atoms in total. The number of anilines is 1. The molecule has 1 aromatic carbocycles. The van der Waals surface area contributed by atoms with Gasteiger partial charge in [0.15, 0.2) is 0 Å². The second-order valence-electron chi connectivity index (χ2n) is 4.28. The van der Waals surface area contributed by atoms with Crippen molar-refractivity contribution in [3.63, 3.8) is 0 Å². The molecule has 1 saturated heterocycles. The zero-order chi connectivity index (χ0) is 12.4. The fourth-order valence-electron chi connectivity index (χ4n) is 2.18. The summed E-state index contributed by atoms with van der Waals surface area (Å²) in [4.78, 5) is 13.8. The molecule has 0 bridgehead atoms. The number of hydrogen-bond acceptors (Lipinski definition) is 4. The molecule has 0 saturated carbocycles. The quantitative estimate of drug-likeness (QED) is 0.780. The molecule has 0 aliphatic carbocycles. The Bertz CT molecular complexity index is 565. The van der Waals surface area contributed by atoms with E-state index in [9.17, 15) is 4.79 Å². The van der Waals surface area contributed by atoms with Gasteiger partial charge in [-0.05, 0) is 24.3 Å². The summed E-state index contributed by atoms with van der Waals surface area (Å²) in [5.74, 6) is 0. The summed E-state index contributed by atoms with van der Waals surface area (Å²) in [5.41, 5.74) is 1.80. The van der Waals surface area contributed by atoms with Crippen molar-refractivity contribution in [3.8, 4) is 5.69 Å². The Balaban J connectivity index is 1.85. The number of nitrogens with zero attached hydrogens (tertiary/aromatic N) is 3. The highest BCUT2D eigenvalue weighted by atomic mass is 16.1. The van der Waals surface area contributed by atoms with Crippen molar-refractivity contribution in [1.29, 1.82) is 0 Å². The van der Waals surface area contributed by atoms with Crippen LogP contribution < -0.4 is 15.9 Å². The summed E-state index contributed by atoms with van der Waals surface area (Å²) < 4.78 is 1.49. The van der Waals surface area contributed by atoms with E-state index >= 15 is 0 Å². The van der Waals surface area contributed by atoms with Crippen LogP contribution in [-0.4, -0.2) is 40.9 Å². The Morgan fingerprint density at radius 2 is 1.72 bits per heavy atom. The number of hydrogen-bond donors (Lipinski definition) is 2. The minimum absolute atomic E-state index is 0.218. The summed E-state index contributed by atoms with van der Waals surface area (Å²) >= 11 is 0. The molecule has 0 amide bonds. The van der Waals surface area contributed by atoms with Crippen LogP contribution in [0.1, 0.15) is 0 Å². The van der Waals surface area contributed by atoms with Gasteiger partial charge < -0.3 is 10.2 Å². The summed E-state index contributed by atoms with van der Waals surface area (Å²) in [5, 5.41) is 9.43. The van der Waals surface area contributed by atoms with E-state index in [2.05, 4.69) is 20.4 Å². The maximum atomic E-state index is 11.4. The normalized spacial score (nSPS) is 15.9.